The van der Waals surface area contributed by atoms with Crippen LogP contribution < -0.4 is 4.74 Å². The monoisotopic (exact) mass is 376 g/mol. The number of hydrogen-bond donors (Lipinski definition) is 1. The summed E-state index contributed by atoms with van der Waals surface area (Å²) in [6.45, 7) is 2.48. The highest BCUT2D eigenvalue weighted by molar-refractivity contribution is 7.09. The van der Waals surface area contributed by atoms with E-state index in [2.05, 4.69) is 9.88 Å². The molecule has 1 N–H and O–H groups in total. The topological polar surface area (TPSA) is 62.7 Å². The van der Waals surface area contributed by atoms with Gasteiger partial charge >= 0.3 is 5.97 Å². The summed E-state index contributed by atoms with van der Waals surface area (Å²) in [4.78, 5) is 18.6. The maximum atomic E-state index is 12.9. The van der Waals surface area contributed by atoms with E-state index in [0.29, 0.717) is 25.4 Å². The summed E-state index contributed by atoms with van der Waals surface area (Å²) in [5, 5.41) is 12.5. The lowest BCUT2D eigenvalue weighted by Crippen LogP contribution is -2.35. The van der Waals surface area contributed by atoms with E-state index in [0.717, 1.165) is 36.5 Å². The molecule has 0 bridgehead atoms. The van der Waals surface area contributed by atoms with Gasteiger partial charge in [0.25, 0.3) is 0 Å². The molecule has 7 heteroatoms. The van der Waals surface area contributed by atoms with Crippen molar-refractivity contribution in [2.75, 3.05) is 13.1 Å². The summed E-state index contributed by atoms with van der Waals surface area (Å²) < 4.78 is 18.5. The molecule has 1 saturated heterocycles. The molecule has 0 spiro atoms. The number of aromatic nitrogens is 1. The van der Waals surface area contributed by atoms with E-state index in [1.807, 2.05) is 5.38 Å². The van der Waals surface area contributed by atoms with Gasteiger partial charge in [0.15, 0.2) is 0 Å². The highest BCUT2D eigenvalue weighted by Gasteiger charge is 2.54. The molecule has 1 saturated carbocycles. The fourth-order valence-corrected chi connectivity index (χ4v) is 4.95. The fourth-order valence-electron chi connectivity index (χ4n) is 4.26. The molecule has 2 aliphatic rings. The molecule has 26 heavy (non-hydrogen) atoms. The second kappa shape index (κ2) is 6.96. The number of carbonyl (C=O) groups is 1. The van der Waals surface area contributed by atoms with Crippen molar-refractivity contribution in [3.8, 4) is 5.75 Å². The van der Waals surface area contributed by atoms with Crippen molar-refractivity contribution in [3.63, 3.8) is 0 Å². The molecular weight excluding hydrogens is 355 g/mol. The van der Waals surface area contributed by atoms with E-state index < -0.39 is 11.4 Å². The molecule has 2 fully saturated rings. The third-order valence-electron chi connectivity index (χ3n) is 5.53. The van der Waals surface area contributed by atoms with E-state index in [4.69, 9.17) is 4.74 Å². The number of carboxylic acids is 1. The number of hydrogen-bond acceptors (Lipinski definition) is 5. The first-order chi connectivity index (χ1) is 12.5. The van der Waals surface area contributed by atoms with E-state index in [9.17, 15) is 14.3 Å². The highest BCUT2D eigenvalue weighted by atomic mass is 32.1. The molecule has 0 radical (unpaired) electrons. The summed E-state index contributed by atoms with van der Waals surface area (Å²) >= 11 is 1.53. The number of thiazole rings is 1. The number of rotatable bonds is 6. The summed E-state index contributed by atoms with van der Waals surface area (Å²) in [7, 11) is 0. The van der Waals surface area contributed by atoms with Gasteiger partial charge in [-0.15, -0.1) is 11.3 Å². The second-order valence-corrected chi connectivity index (χ2v) is 8.14. The number of carboxylic acid groups (broad SMARTS) is 1. The minimum absolute atomic E-state index is 0.264. The van der Waals surface area contributed by atoms with Gasteiger partial charge in [-0.25, -0.2) is 9.37 Å². The maximum absolute atomic E-state index is 12.9. The van der Waals surface area contributed by atoms with Crippen molar-refractivity contribution < 1.29 is 19.0 Å². The predicted octanol–water partition coefficient (Wildman–Crippen LogP) is 3.55. The first-order valence-corrected chi connectivity index (χ1v) is 9.70. The Labute approximate surface area is 155 Å². The second-order valence-electron chi connectivity index (χ2n) is 7.20. The summed E-state index contributed by atoms with van der Waals surface area (Å²) in [5.41, 5.74) is 0.401. The maximum Gasteiger partial charge on any atom is 0.311 e. The number of aliphatic carboxylic acids is 1. The van der Waals surface area contributed by atoms with Crippen molar-refractivity contribution in [1.29, 1.82) is 0 Å². The number of nitrogens with zero attached hydrogens (tertiary/aromatic N) is 2. The van der Waals surface area contributed by atoms with Crippen molar-refractivity contribution in [3.05, 3.63) is 46.2 Å². The van der Waals surface area contributed by atoms with Gasteiger partial charge < -0.3 is 9.84 Å². The largest absolute Gasteiger partial charge is 0.486 e. The van der Waals surface area contributed by atoms with Crippen LogP contribution in [0.15, 0.2) is 29.6 Å². The fraction of sp³-hybridized carbons (Fsp3) is 0.474. The van der Waals surface area contributed by atoms with Gasteiger partial charge in [0.1, 0.15) is 23.2 Å². The van der Waals surface area contributed by atoms with Gasteiger partial charge in [0.2, 0.25) is 0 Å². The summed E-state index contributed by atoms with van der Waals surface area (Å²) in [5.74, 6) is -0.0589. The zero-order chi connectivity index (χ0) is 18.1. The van der Waals surface area contributed by atoms with E-state index in [-0.39, 0.29) is 11.7 Å². The minimum Gasteiger partial charge on any atom is -0.486 e. The Morgan fingerprint density at radius 1 is 1.42 bits per heavy atom. The quantitative estimate of drug-likeness (QED) is 0.835. The van der Waals surface area contributed by atoms with E-state index in [1.165, 1.54) is 23.5 Å². The van der Waals surface area contributed by atoms with Crippen molar-refractivity contribution in [2.45, 2.75) is 32.4 Å². The molecule has 2 aromatic rings. The summed E-state index contributed by atoms with van der Waals surface area (Å²) in [6, 6.07) is 5.92. The van der Waals surface area contributed by atoms with Crippen LogP contribution in [0.5, 0.6) is 5.75 Å². The zero-order valence-electron chi connectivity index (χ0n) is 14.4. The number of ether oxygens (including phenoxy) is 1. The van der Waals surface area contributed by atoms with Gasteiger partial charge in [-0.1, -0.05) is 6.42 Å². The van der Waals surface area contributed by atoms with Crippen LogP contribution in [-0.4, -0.2) is 34.0 Å². The third-order valence-corrected chi connectivity index (χ3v) is 6.40. The van der Waals surface area contributed by atoms with Gasteiger partial charge in [-0.05, 0) is 43.0 Å². The van der Waals surface area contributed by atoms with E-state index >= 15 is 0 Å². The van der Waals surface area contributed by atoms with Crippen molar-refractivity contribution in [2.24, 2.45) is 11.3 Å². The Morgan fingerprint density at radius 2 is 2.23 bits per heavy atom. The van der Waals surface area contributed by atoms with Crippen LogP contribution in [0.3, 0.4) is 0 Å². The smallest absolute Gasteiger partial charge is 0.311 e. The molecule has 138 valence electrons. The van der Waals surface area contributed by atoms with E-state index in [1.54, 1.807) is 12.1 Å². The Kier molecular flexibility index (Phi) is 4.67. The first-order valence-electron chi connectivity index (χ1n) is 8.82. The Morgan fingerprint density at radius 3 is 2.96 bits per heavy atom. The number of fused-ring (bicyclic) bond motifs is 1. The van der Waals surface area contributed by atoms with Crippen LogP contribution >= 0.6 is 11.3 Å². The average Bonchev–Trinajstić information content (AvgIpc) is 3.29. The van der Waals surface area contributed by atoms with Crippen LogP contribution in [-0.2, 0) is 17.9 Å². The van der Waals surface area contributed by atoms with Crippen LogP contribution in [0.4, 0.5) is 4.39 Å². The van der Waals surface area contributed by atoms with Crippen LogP contribution in [0.2, 0.25) is 0 Å². The first kappa shape index (κ1) is 17.4. The molecule has 0 amide bonds. The Balaban J connectivity index is 1.34. The minimum atomic E-state index is -0.644. The number of likely N-dealkylation sites (tertiary alicyclic amines) is 1. The Bertz CT molecular complexity index is 794. The number of benzene rings is 1. The van der Waals surface area contributed by atoms with Crippen molar-refractivity contribution in [1.82, 2.24) is 9.88 Å². The van der Waals surface area contributed by atoms with Crippen LogP contribution in [0.25, 0.3) is 0 Å². The molecule has 4 rings (SSSR count). The molecule has 2 heterocycles. The third kappa shape index (κ3) is 3.33. The molecule has 0 unspecified atom stereocenters. The molecule has 1 aliphatic heterocycles. The normalized spacial score (nSPS) is 25.3. The standard InChI is InChI=1S/C19H21FN2O3S/c20-14-3-5-16(6-4-14)25-10-17-21-15(11-26-17)9-22-8-13-2-1-7-19(13,12-22)18(23)24/h3-6,11,13H,1-2,7-10,12H2,(H,23,24)/t13-,19+/m0/s1. The zero-order valence-corrected chi connectivity index (χ0v) is 15.2. The van der Waals surface area contributed by atoms with Crippen LogP contribution in [0, 0.1) is 17.2 Å². The average molecular weight is 376 g/mol. The summed E-state index contributed by atoms with van der Waals surface area (Å²) in [6.07, 6.45) is 2.82. The molecule has 1 aliphatic carbocycles. The lowest BCUT2D eigenvalue weighted by atomic mass is 9.81. The molecular formula is C19H21FN2O3S. The van der Waals surface area contributed by atoms with Gasteiger partial charge in [-0.3, -0.25) is 9.69 Å². The predicted molar refractivity (Wildman–Crippen MR) is 95.5 cm³/mol. The Hall–Kier alpha value is -1.99. The van der Waals surface area contributed by atoms with Gasteiger partial charge in [-0.2, -0.15) is 0 Å². The van der Waals surface area contributed by atoms with Gasteiger partial charge in [0, 0.05) is 25.0 Å². The molecule has 2 atom stereocenters. The van der Waals surface area contributed by atoms with Gasteiger partial charge in [0.05, 0.1) is 11.1 Å². The van der Waals surface area contributed by atoms with Crippen molar-refractivity contribution >= 4 is 17.3 Å². The lowest BCUT2D eigenvalue weighted by Gasteiger charge is -2.23. The molecule has 1 aromatic heterocycles. The number of halogens is 1. The lowest BCUT2D eigenvalue weighted by molar-refractivity contribution is -0.149. The SMILES string of the molecule is O=C(O)[C@@]12CCC[C@H]1CN(Cc1csc(COc3ccc(F)cc3)n1)C2. The molecule has 1 aromatic carbocycles. The molecule has 5 nitrogen and oxygen atoms in total. The highest BCUT2D eigenvalue weighted by Crippen LogP contribution is 2.49. The van der Waals surface area contributed by atoms with Crippen LogP contribution in [0.1, 0.15) is 30.0 Å².